The van der Waals surface area contributed by atoms with Crippen LogP contribution in [0.3, 0.4) is 0 Å². The largest absolute Gasteiger partial charge is 0.366 e. The van der Waals surface area contributed by atoms with Gasteiger partial charge in [-0.1, -0.05) is 24.3 Å². The van der Waals surface area contributed by atoms with Crippen LogP contribution in [0.15, 0.2) is 54.7 Å². The van der Waals surface area contributed by atoms with E-state index in [1.165, 1.54) is 6.07 Å². The highest BCUT2D eigenvalue weighted by molar-refractivity contribution is 5.63. The third-order valence-corrected chi connectivity index (χ3v) is 4.64. The number of nitrogens with one attached hydrogen (secondary N) is 1. The molecule has 1 N–H and O–H groups in total. The molecule has 7 nitrogen and oxygen atoms in total. The van der Waals surface area contributed by atoms with Gasteiger partial charge in [0, 0.05) is 26.2 Å². The van der Waals surface area contributed by atoms with E-state index in [1.54, 1.807) is 36.5 Å². The van der Waals surface area contributed by atoms with Gasteiger partial charge in [-0.2, -0.15) is 15.3 Å². The smallest absolute Gasteiger partial charge is 0.249 e. The maximum Gasteiger partial charge on any atom is 0.249 e. The molecule has 0 atom stereocenters. The number of para-hydroxylation sites is 2. The van der Waals surface area contributed by atoms with Crippen LogP contribution in [0.25, 0.3) is 0 Å². The number of anilines is 4. The van der Waals surface area contributed by atoms with Crippen LogP contribution in [-0.4, -0.2) is 41.4 Å². The molecule has 0 spiro atoms. The molecule has 0 amide bonds. The Bertz CT molecular complexity index is 1010. The minimum Gasteiger partial charge on any atom is -0.366 e. The molecule has 1 saturated heterocycles. The number of hydrogen-bond acceptors (Lipinski definition) is 7. The molecule has 3 aromatic rings. The van der Waals surface area contributed by atoms with Crippen molar-refractivity contribution < 1.29 is 4.39 Å². The maximum absolute atomic E-state index is 14.0. The third kappa shape index (κ3) is 3.69. The van der Waals surface area contributed by atoms with E-state index in [2.05, 4.69) is 31.5 Å². The lowest BCUT2D eigenvalue weighted by Gasteiger charge is -2.36. The fourth-order valence-electron chi connectivity index (χ4n) is 3.19. The van der Waals surface area contributed by atoms with Crippen molar-refractivity contribution in [2.24, 2.45) is 0 Å². The van der Waals surface area contributed by atoms with E-state index in [0.717, 1.165) is 0 Å². The second-order valence-electron chi connectivity index (χ2n) is 6.35. The van der Waals surface area contributed by atoms with Crippen molar-refractivity contribution in [1.29, 1.82) is 5.26 Å². The fraction of sp³-hybridized carbons (Fsp3) is 0.200. The van der Waals surface area contributed by atoms with Crippen LogP contribution in [0.5, 0.6) is 0 Å². The van der Waals surface area contributed by atoms with Gasteiger partial charge in [0.15, 0.2) is 5.82 Å². The van der Waals surface area contributed by atoms with E-state index >= 15 is 0 Å². The van der Waals surface area contributed by atoms with Crippen molar-refractivity contribution in [1.82, 2.24) is 15.2 Å². The Morgan fingerprint density at radius 3 is 2.46 bits per heavy atom. The summed E-state index contributed by atoms with van der Waals surface area (Å²) in [5, 5.41) is 20.3. The minimum absolute atomic E-state index is 0.206. The first-order chi connectivity index (χ1) is 13.7. The van der Waals surface area contributed by atoms with Crippen LogP contribution in [-0.2, 0) is 0 Å². The normalized spacial score (nSPS) is 13.9. The van der Waals surface area contributed by atoms with Crippen LogP contribution < -0.4 is 15.1 Å². The summed E-state index contributed by atoms with van der Waals surface area (Å²) in [6.07, 6.45) is 1.61. The van der Waals surface area contributed by atoms with Crippen LogP contribution in [0.1, 0.15) is 5.56 Å². The van der Waals surface area contributed by atoms with Gasteiger partial charge in [-0.15, -0.1) is 5.10 Å². The highest BCUT2D eigenvalue weighted by Gasteiger charge is 2.21. The Morgan fingerprint density at radius 2 is 1.68 bits per heavy atom. The first kappa shape index (κ1) is 17.7. The monoisotopic (exact) mass is 375 g/mol. The summed E-state index contributed by atoms with van der Waals surface area (Å²) in [5.41, 5.74) is 1.77. The van der Waals surface area contributed by atoms with Crippen LogP contribution in [0.2, 0.25) is 0 Å². The number of benzene rings is 2. The first-order valence-corrected chi connectivity index (χ1v) is 8.95. The molecule has 4 rings (SSSR count). The van der Waals surface area contributed by atoms with Crippen molar-refractivity contribution in [2.75, 3.05) is 41.3 Å². The van der Waals surface area contributed by atoms with Gasteiger partial charge in [0.25, 0.3) is 0 Å². The van der Waals surface area contributed by atoms with Crippen LogP contribution in [0, 0.1) is 17.1 Å². The molecular weight excluding hydrogens is 357 g/mol. The van der Waals surface area contributed by atoms with E-state index < -0.39 is 0 Å². The summed E-state index contributed by atoms with van der Waals surface area (Å²) in [6, 6.07) is 16.1. The van der Waals surface area contributed by atoms with Crippen molar-refractivity contribution >= 4 is 23.1 Å². The molecule has 1 aromatic heterocycles. The van der Waals surface area contributed by atoms with Crippen molar-refractivity contribution in [3.8, 4) is 6.07 Å². The number of hydrogen-bond donors (Lipinski definition) is 1. The zero-order valence-corrected chi connectivity index (χ0v) is 15.1. The quantitative estimate of drug-likeness (QED) is 0.751. The summed E-state index contributed by atoms with van der Waals surface area (Å²) >= 11 is 0. The predicted octanol–water partition coefficient (Wildman–Crippen LogP) is 2.95. The van der Waals surface area contributed by atoms with E-state index in [-0.39, 0.29) is 5.82 Å². The van der Waals surface area contributed by atoms with E-state index in [0.29, 0.717) is 54.9 Å². The fourth-order valence-corrected chi connectivity index (χ4v) is 3.19. The number of aromatic nitrogens is 3. The van der Waals surface area contributed by atoms with Gasteiger partial charge in [0.05, 0.1) is 23.1 Å². The molecule has 0 unspecified atom stereocenters. The average molecular weight is 375 g/mol. The Kier molecular flexibility index (Phi) is 4.97. The van der Waals surface area contributed by atoms with Crippen molar-refractivity contribution in [3.63, 3.8) is 0 Å². The number of nitrogens with zero attached hydrogens (tertiary/aromatic N) is 6. The van der Waals surface area contributed by atoms with Crippen molar-refractivity contribution in [3.05, 3.63) is 66.1 Å². The van der Waals surface area contributed by atoms with Gasteiger partial charge in [0.2, 0.25) is 5.95 Å². The number of halogens is 1. The second kappa shape index (κ2) is 7.88. The van der Waals surface area contributed by atoms with Crippen LogP contribution >= 0.6 is 0 Å². The van der Waals surface area contributed by atoms with Gasteiger partial charge in [-0.25, -0.2) is 4.39 Å². The molecule has 0 bridgehead atoms. The lowest BCUT2D eigenvalue weighted by atomic mass is 10.2. The van der Waals surface area contributed by atoms with Gasteiger partial charge >= 0.3 is 0 Å². The highest BCUT2D eigenvalue weighted by atomic mass is 19.1. The average Bonchev–Trinajstić information content (AvgIpc) is 2.75. The Labute approximate surface area is 162 Å². The van der Waals surface area contributed by atoms with E-state index in [9.17, 15) is 9.65 Å². The standard InChI is InChI=1S/C20H18FN7/c21-16-6-2-4-8-18(16)27-9-11-28(12-10-27)19-14-23-26-20(25-19)24-17-7-3-1-5-15(17)13-22/h1-8,14H,9-12H2,(H,24,25,26). The molecule has 0 saturated carbocycles. The molecule has 28 heavy (non-hydrogen) atoms. The van der Waals surface area contributed by atoms with Gasteiger partial charge in [-0.05, 0) is 24.3 Å². The molecule has 8 heteroatoms. The Balaban J connectivity index is 1.46. The summed E-state index contributed by atoms with van der Waals surface area (Å²) < 4.78 is 14.0. The summed E-state index contributed by atoms with van der Waals surface area (Å²) in [5.74, 6) is 0.819. The minimum atomic E-state index is -0.206. The molecule has 2 aromatic carbocycles. The summed E-state index contributed by atoms with van der Waals surface area (Å²) in [6.45, 7) is 2.76. The van der Waals surface area contributed by atoms with Crippen molar-refractivity contribution in [2.45, 2.75) is 0 Å². The molecule has 2 heterocycles. The first-order valence-electron chi connectivity index (χ1n) is 8.95. The number of rotatable bonds is 4. The second-order valence-corrected chi connectivity index (χ2v) is 6.35. The third-order valence-electron chi connectivity index (χ3n) is 4.64. The Morgan fingerprint density at radius 1 is 0.964 bits per heavy atom. The lowest BCUT2D eigenvalue weighted by Crippen LogP contribution is -2.47. The lowest BCUT2D eigenvalue weighted by molar-refractivity contribution is 0.595. The van der Waals surface area contributed by atoms with E-state index in [4.69, 9.17) is 0 Å². The topological polar surface area (TPSA) is 81.0 Å². The maximum atomic E-state index is 14.0. The molecule has 0 radical (unpaired) electrons. The highest BCUT2D eigenvalue weighted by Crippen LogP contribution is 2.23. The summed E-state index contributed by atoms with van der Waals surface area (Å²) in [4.78, 5) is 8.64. The van der Waals surface area contributed by atoms with E-state index in [1.807, 2.05) is 17.0 Å². The molecule has 1 aliphatic rings. The zero-order chi connectivity index (χ0) is 19.3. The van der Waals surface area contributed by atoms with Gasteiger partial charge < -0.3 is 15.1 Å². The Hall–Kier alpha value is -3.73. The summed E-state index contributed by atoms with van der Waals surface area (Å²) in [7, 11) is 0. The zero-order valence-electron chi connectivity index (χ0n) is 15.1. The molecule has 1 fully saturated rings. The van der Waals surface area contributed by atoms with Gasteiger partial charge in [0.1, 0.15) is 11.9 Å². The molecule has 140 valence electrons. The molecular formula is C20H18FN7. The van der Waals surface area contributed by atoms with Crippen LogP contribution in [0.4, 0.5) is 27.5 Å². The molecule has 1 aliphatic heterocycles. The number of piperazine rings is 1. The van der Waals surface area contributed by atoms with Gasteiger partial charge in [-0.3, -0.25) is 0 Å². The predicted molar refractivity (Wildman–Crippen MR) is 105 cm³/mol. The SMILES string of the molecule is N#Cc1ccccc1Nc1nncc(N2CCN(c3ccccc3F)CC2)n1. The number of nitriles is 1. The molecule has 0 aliphatic carbocycles.